The minimum absolute atomic E-state index is 0.0463. The molecule has 0 saturated carbocycles. The quantitative estimate of drug-likeness (QED) is 0.256. The van der Waals surface area contributed by atoms with E-state index >= 15 is 0 Å². The van der Waals surface area contributed by atoms with Gasteiger partial charge in [-0.05, 0) is 49.2 Å². The van der Waals surface area contributed by atoms with Crippen molar-refractivity contribution in [3.63, 3.8) is 0 Å². The first-order valence-corrected chi connectivity index (χ1v) is 12.2. The zero-order chi connectivity index (χ0) is 31.4. The Bertz CT molecular complexity index is 1610. The predicted molar refractivity (Wildman–Crippen MR) is 139 cm³/mol. The van der Waals surface area contributed by atoms with Crippen LogP contribution in [0.4, 0.5) is 13.2 Å². The lowest BCUT2D eigenvalue weighted by Crippen LogP contribution is -2.40. The number of alkyl halides is 3. The zero-order valence-electron chi connectivity index (χ0n) is 23.3. The van der Waals surface area contributed by atoms with Crippen molar-refractivity contribution in [2.75, 3.05) is 21.3 Å². The summed E-state index contributed by atoms with van der Waals surface area (Å²) in [7, 11) is 3.89. The Labute approximate surface area is 242 Å². The number of carbonyl (C=O) groups excluding carboxylic acids is 2. The molecule has 43 heavy (non-hydrogen) atoms. The highest BCUT2D eigenvalue weighted by atomic mass is 19.4. The molecule has 2 heterocycles. The molecule has 2 aromatic heterocycles. The molecule has 0 aliphatic heterocycles. The van der Waals surface area contributed by atoms with Crippen molar-refractivity contribution in [2.45, 2.75) is 25.4 Å². The van der Waals surface area contributed by atoms with E-state index in [0.29, 0.717) is 0 Å². The third-order valence-corrected chi connectivity index (χ3v) is 6.16. The number of hydrogen-bond donors (Lipinski definition) is 0. The fourth-order valence-corrected chi connectivity index (χ4v) is 3.78. The molecule has 0 aliphatic rings. The van der Waals surface area contributed by atoms with E-state index in [1.54, 1.807) is 0 Å². The van der Waals surface area contributed by atoms with Crippen LogP contribution in [0.5, 0.6) is 30.1 Å². The van der Waals surface area contributed by atoms with Gasteiger partial charge in [-0.25, -0.2) is 9.59 Å². The van der Waals surface area contributed by atoms with E-state index in [-0.39, 0.29) is 52.1 Å². The maximum Gasteiger partial charge on any atom is 0.402 e. The van der Waals surface area contributed by atoms with Gasteiger partial charge in [-0.1, -0.05) is 24.3 Å². The average molecular weight is 601 g/mol. The molecule has 0 bridgehead atoms. The van der Waals surface area contributed by atoms with Crippen LogP contribution in [0.2, 0.25) is 0 Å². The number of methoxy groups -OCH3 is 3. The van der Waals surface area contributed by atoms with Crippen LogP contribution in [0.1, 0.15) is 44.6 Å². The lowest BCUT2D eigenvalue weighted by atomic mass is 9.75. The van der Waals surface area contributed by atoms with Gasteiger partial charge in [0.2, 0.25) is 0 Å². The highest BCUT2D eigenvalue weighted by Gasteiger charge is 2.53. The molecular weight excluding hydrogens is 577 g/mol. The molecule has 224 valence electrons. The van der Waals surface area contributed by atoms with Crippen molar-refractivity contribution in [2.24, 2.45) is 0 Å². The third-order valence-electron chi connectivity index (χ3n) is 6.16. The number of carbonyl (C=O) groups is 2. The second-order valence-electron chi connectivity index (χ2n) is 8.80. The first kappa shape index (κ1) is 30.5. The van der Waals surface area contributed by atoms with Crippen LogP contribution >= 0.6 is 0 Å². The molecule has 0 aliphatic carbocycles. The lowest BCUT2D eigenvalue weighted by Gasteiger charge is -2.33. The maximum absolute atomic E-state index is 14.6. The predicted octanol–water partition coefficient (Wildman–Crippen LogP) is 3.70. The minimum Gasteiger partial charge on any atom is -0.467 e. The van der Waals surface area contributed by atoms with Crippen LogP contribution in [0.25, 0.3) is 0 Å². The normalized spacial score (nSPS) is 12.6. The second kappa shape index (κ2) is 12.2. The molecule has 4 aromatic rings. The molecule has 1 atom stereocenters. The molecule has 0 radical (unpaired) electrons. The Morgan fingerprint density at radius 1 is 0.581 bits per heavy atom. The Balaban J connectivity index is 1.56. The molecular formula is C27H23F3N6O7. The molecule has 0 fully saturated rings. The van der Waals surface area contributed by atoms with Gasteiger partial charge in [-0.3, -0.25) is 0 Å². The number of halogens is 3. The highest BCUT2D eigenvalue weighted by molar-refractivity contribution is 5.91. The van der Waals surface area contributed by atoms with E-state index in [9.17, 15) is 22.8 Å². The van der Waals surface area contributed by atoms with Crippen molar-refractivity contribution in [1.29, 1.82) is 0 Å². The number of aromatic nitrogens is 6. The molecule has 0 N–H and O–H groups in total. The van der Waals surface area contributed by atoms with Gasteiger partial charge in [0.05, 0.1) is 32.5 Å². The summed E-state index contributed by atoms with van der Waals surface area (Å²) in [6.45, 7) is 2.52. The number of hydrogen-bond acceptors (Lipinski definition) is 13. The minimum atomic E-state index is -4.77. The van der Waals surface area contributed by atoms with E-state index in [2.05, 4.69) is 29.9 Å². The Hall–Kier alpha value is -5.41. The summed E-state index contributed by atoms with van der Waals surface area (Å²) in [5, 5.41) is 0. The highest BCUT2D eigenvalue weighted by Crippen LogP contribution is 2.46. The summed E-state index contributed by atoms with van der Waals surface area (Å²) in [5.74, 6) is -1.61. The first-order chi connectivity index (χ1) is 20.4. The Kier molecular flexibility index (Phi) is 8.68. The topological polar surface area (TPSA) is 158 Å². The van der Waals surface area contributed by atoms with Crippen LogP contribution in [-0.2, 0) is 5.41 Å². The van der Waals surface area contributed by atoms with Crippen LogP contribution in [0.3, 0.4) is 0 Å². The summed E-state index contributed by atoms with van der Waals surface area (Å²) in [5.41, 5.74) is -2.99. The number of esters is 2. The molecule has 4 rings (SSSR count). The first-order valence-electron chi connectivity index (χ1n) is 12.2. The summed E-state index contributed by atoms with van der Waals surface area (Å²) >= 11 is 0. The maximum atomic E-state index is 14.6. The third kappa shape index (κ3) is 6.58. The fourth-order valence-electron chi connectivity index (χ4n) is 3.78. The van der Waals surface area contributed by atoms with E-state index in [1.807, 2.05) is 0 Å². The van der Waals surface area contributed by atoms with Gasteiger partial charge in [-0.2, -0.15) is 23.1 Å². The van der Waals surface area contributed by atoms with Gasteiger partial charge < -0.3 is 23.7 Å². The van der Waals surface area contributed by atoms with Gasteiger partial charge in [0, 0.05) is 0 Å². The lowest BCUT2D eigenvalue weighted by molar-refractivity contribution is -0.173. The van der Waals surface area contributed by atoms with Crippen LogP contribution in [0, 0.1) is 6.92 Å². The number of nitrogens with zero attached hydrogens (tertiary/aromatic N) is 6. The number of benzene rings is 2. The molecule has 1 unspecified atom stereocenters. The van der Waals surface area contributed by atoms with E-state index in [0.717, 1.165) is 31.2 Å². The molecule has 0 amide bonds. The van der Waals surface area contributed by atoms with Crippen LogP contribution in [0.15, 0.2) is 48.5 Å². The second-order valence-corrected chi connectivity index (χ2v) is 8.80. The largest absolute Gasteiger partial charge is 0.467 e. The summed E-state index contributed by atoms with van der Waals surface area (Å²) in [6.07, 6.45) is -4.77. The van der Waals surface area contributed by atoms with Gasteiger partial charge in [0.25, 0.3) is 0 Å². The summed E-state index contributed by atoms with van der Waals surface area (Å²) in [6, 6.07) is 8.17. The molecule has 16 heteroatoms. The van der Waals surface area contributed by atoms with E-state index in [1.165, 1.54) is 52.5 Å². The van der Waals surface area contributed by atoms with Crippen molar-refractivity contribution >= 4 is 11.9 Å². The van der Waals surface area contributed by atoms with Gasteiger partial charge in [0.15, 0.2) is 0 Å². The van der Waals surface area contributed by atoms with Gasteiger partial charge >= 0.3 is 48.2 Å². The smallest absolute Gasteiger partial charge is 0.402 e. The van der Waals surface area contributed by atoms with Crippen molar-refractivity contribution in [3.8, 4) is 30.1 Å². The van der Waals surface area contributed by atoms with E-state index in [4.69, 9.17) is 23.7 Å². The standard InChI is InChI=1S/C27H23F3N6O7/c1-14-31-21(39-3)34-24(32-14)42-19(37)15-6-10-17(11-7-15)26(2,27(28,29)30)18-12-8-16(9-13-18)20(38)43-25-35-22(40-4)33-23(36-25)41-5/h6-13H,1-5H3. The monoisotopic (exact) mass is 600 g/mol. The molecule has 0 saturated heterocycles. The van der Waals surface area contributed by atoms with Crippen LogP contribution in [-0.4, -0.2) is 69.3 Å². The summed E-state index contributed by atoms with van der Waals surface area (Å²) in [4.78, 5) is 48.2. The number of aryl methyl sites for hydroxylation is 1. The van der Waals surface area contributed by atoms with Crippen molar-refractivity contribution in [3.05, 3.63) is 76.6 Å². The summed E-state index contributed by atoms with van der Waals surface area (Å²) < 4.78 is 68.6. The van der Waals surface area contributed by atoms with Crippen LogP contribution < -0.4 is 23.7 Å². The SMILES string of the molecule is COc1nc(C)nc(OC(=O)c2ccc(C(C)(c3ccc(C(=O)Oc4nc(OC)nc(OC)n4)cc3)C(F)(F)F)cc2)n1. The zero-order valence-corrected chi connectivity index (χ0v) is 23.3. The number of ether oxygens (including phenoxy) is 5. The van der Waals surface area contributed by atoms with Gasteiger partial charge in [0.1, 0.15) is 11.2 Å². The Morgan fingerprint density at radius 3 is 1.28 bits per heavy atom. The Morgan fingerprint density at radius 2 is 0.907 bits per heavy atom. The fraction of sp³-hybridized carbons (Fsp3) is 0.259. The molecule has 2 aromatic carbocycles. The molecule has 0 spiro atoms. The van der Waals surface area contributed by atoms with Crippen molar-refractivity contribution in [1.82, 2.24) is 29.9 Å². The van der Waals surface area contributed by atoms with E-state index < -0.39 is 29.5 Å². The number of rotatable bonds is 9. The molecule has 13 nitrogen and oxygen atoms in total. The average Bonchev–Trinajstić information content (AvgIpc) is 2.99. The van der Waals surface area contributed by atoms with Crippen molar-refractivity contribution < 1.29 is 46.4 Å². The van der Waals surface area contributed by atoms with Gasteiger partial charge in [-0.15, -0.1) is 19.9 Å².